The first-order chi connectivity index (χ1) is 11.1. The van der Waals surface area contributed by atoms with Gasteiger partial charge in [-0.15, -0.1) is 0 Å². The molecule has 23 heavy (non-hydrogen) atoms. The van der Waals surface area contributed by atoms with Gasteiger partial charge in [0.25, 0.3) is 11.5 Å². The quantitative estimate of drug-likeness (QED) is 0.750. The van der Waals surface area contributed by atoms with E-state index in [2.05, 4.69) is 15.3 Å². The minimum Gasteiger partial charge on any atom is -0.375 e. The zero-order valence-electron chi connectivity index (χ0n) is 12.4. The number of hydrogen-bond acceptors (Lipinski definition) is 4. The summed E-state index contributed by atoms with van der Waals surface area (Å²) >= 11 is 4.96. The Balaban J connectivity index is 1.51. The Kier molecular flexibility index (Phi) is 3.54. The summed E-state index contributed by atoms with van der Waals surface area (Å²) in [6.07, 6.45) is 3.96. The van der Waals surface area contributed by atoms with Crippen LogP contribution in [-0.2, 0) is 4.74 Å². The van der Waals surface area contributed by atoms with Gasteiger partial charge in [-0.2, -0.15) is 0 Å². The highest BCUT2D eigenvalue weighted by Crippen LogP contribution is 2.38. The molecule has 3 heterocycles. The van der Waals surface area contributed by atoms with Crippen LogP contribution in [0.5, 0.6) is 0 Å². The standard InChI is InChI=1S/C16H17N3O3S/c20-14(17-7-9-5-10-2-4-13(9)22-10)8-1-3-11-12(6-8)18-16(23)19-15(11)21/h1,3,6,9-10,13H,2,4-5,7H2,(H,17,20)(H2,18,19,21,23)/t9-,10-,13-/m1/s1. The summed E-state index contributed by atoms with van der Waals surface area (Å²) in [4.78, 5) is 29.6. The number of carbonyl (C=O) groups is 1. The number of benzene rings is 1. The van der Waals surface area contributed by atoms with E-state index in [1.165, 1.54) is 0 Å². The number of fused-ring (bicyclic) bond motifs is 3. The van der Waals surface area contributed by atoms with Gasteiger partial charge in [-0.05, 0) is 49.7 Å². The molecule has 0 spiro atoms. The minimum atomic E-state index is -0.255. The third-order valence-corrected chi connectivity index (χ3v) is 4.96. The van der Waals surface area contributed by atoms with E-state index in [0.29, 0.717) is 41.1 Å². The third kappa shape index (κ3) is 2.70. The Morgan fingerprint density at radius 1 is 1.35 bits per heavy atom. The molecule has 2 bridgehead atoms. The summed E-state index contributed by atoms with van der Waals surface area (Å²) in [5.74, 6) is 0.265. The molecular formula is C16H17N3O3S. The number of rotatable bonds is 3. The van der Waals surface area contributed by atoms with E-state index >= 15 is 0 Å². The SMILES string of the molecule is O=C(NC[C@H]1C[C@H]2CC[C@H]1O2)c1ccc2c(=O)[nH]c(=S)[nH]c2c1. The number of nitrogens with one attached hydrogen (secondary N) is 3. The largest absolute Gasteiger partial charge is 0.375 e. The van der Waals surface area contributed by atoms with Crippen molar-refractivity contribution in [1.29, 1.82) is 0 Å². The molecule has 0 saturated carbocycles. The molecule has 4 rings (SSSR count). The average Bonchev–Trinajstić information content (AvgIpc) is 3.14. The minimum absolute atomic E-state index is 0.144. The number of carbonyl (C=O) groups excluding carboxylic acids is 1. The van der Waals surface area contributed by atoms with Crippen LogP contribution in [0.25, 0.3) is 10.9 Å². The molecule has 2 saturated heterocycles. The summed E-state index contributed by atoms with van der Waals surface area (Å²) < 4.78 is 6.05. The van der Waals surface area contributed by atoms with Crippen molar-refractivity contribution < 1.29 is 9.53 Å². The molecule has 0 aliphatic carbocycles. The fourth-order valence-corrected chi connectivity index (χ4v) is 3.80. The van der Waals surface area contributed by atoms with Crippen LogP contribution in [0.3, 0.4) is 0 Å². The van der Waals surface area contributed by atoms with Crippen LogP contribution in [0.1, 0.15) is 29.6 Å². The maximum absolute atomic E-state index is 12.3. The Labute approximate surface area is 137 Å². The second kappa shape index (κ2) is 5.58. The molecule has 2 fully saturated rings. The van der Waals surface area contributed by atoms with Gasteiger partial charge in [0.2, 0.25) is 0 Å². The molecule has 6 nitrogen and oxygen atoms in total. The van der Waals surface area contributed by atoms with Gasteiger partial charge in [-0.3, -0.25) is 14.6 Å². The van der Waals surface area contributed by atoms with Gasteiger partial charge in [0.05, 0.1) is 23.1 Å². The van der Waals surface area contributed by atoms with Gasteiger partial charge in [-0.1, -0.05) is 0 Å². The van der Waals surface area contributed by atoms with Crippen molar-refractivity contribution in [2.24, 2.45) is 5.92 Å². The lowest BCUT2D eigenvalue weighted by atomic mass is 9.89. The first-order valence-electron chi connectivity index (χ1n) is 7.80. The van der Waals surface area contributed by atoms with E-state index in [-0.39, 0.29) is 16.2 Å². The van der Waals surface area contributed by atoms with Crippen molar-refractivity contribution in [2.75, 3.05) is 6.54 Å². The molecule has 1 aromatic carbocycles. The lowest BCUT2D eigenvalue weighted by Gasteiger charge is -2.18. The normalized spacial score (nSPS) is 25.8. The molecule has 3 atom stereocenters. The predicted octanol–water partition coefficient (Wildman–Crippen LogP) is 1.88. The monoisotopic (exact) mass is 331 g/mol. The summed E-state index contributed by atoms with van der Waals surface area (Å²) in [5, 5.41) is 3.46. The van der Waals surface area contributed by atoms with E-state index in [9.17, 15) is 9.59 Å². The molecule has 2 aliphatic rings. The van der Waals surface area contributed by atoms with Crippen molar-refractivity contribution in [3.8, 4) is 0 Å². The maximum Gasteiger partial charge on any atom is 0.259 e. The van der Waals surface area contributed by atoms with E-state index in [0.717, 1.165) is 19.3 Å². The molecule has 120 valence electrons. The highest BCUT2D eigenvalue weighted by molar-refractivity contribution is 7.71. The highest BCUT2D eigenvalue weighted by Gasteiger charge is 2.40. The molecule has 1 aromatic heterocycles. The number of aromatic amines is 2. The van der Waals surface area contributed by atoms with Crippen molar-refractivity contribution in [3.63, 3.8) is 0 Å². The van der Waals surface area contributed by atoms with Gasteiger partial charge in [0.15, 0.2) is 4.77 Å². The van der Waals surface area contributed by atoms with E-state index < -0.39 is 0 Å². The summed E-state index contributed by atoms with van der Waals surface area (Å²) in [6.45, 7) is 0.628. The number of ether oxygens (including phenoxy) is 1. The van der Waals surface area contributed by atoms with Gasteiger partial charge in [0, 0.05) is 18.0 Å². The van der Waals surface area contributed by atoms with Crippen molar-refractivity contribution in [1.82, 2.24) is 15.3 Å². The van der Waals surface area contributed by atoms with E-state index in [4.69, 9.17) is 17.0 Å². The van der Waals surface area contributed by atoms with Crippen LogP contribution in [0, 0.1) is 10.7 Å². The first-order valence-corrected chi connectivity index (χ1v) is 8.21. The molecule has 7 heteroatoms. The Morgan fingerprint density at radius 2 is 2.22 bits per heavy atom. The number of hydrogen-bond donors (Lipinski definition) is 3. The van der Waals surface area contributed by atoms with Crippen LogP contribution in [-0.4, -0.2) is 34.6 Å². The van der Waals surface area contributed by atoms with Gasteiger partial charge < -0.3 is 15.0 Å². The molecule has 0 unspecified atom stereocenters. The number of aromatic nitrogens is 2. The molecule has 0 radical (unpaired) electrons. The number of H-pyrrole nitrogens is 2. The lowest BCUT2D eigenvalue weighted by Crippen LogP contribution is -2.33. The zero-order chi connectivity index (χ0) is 16.0. The van der Waals surface area contributed by atoms with Crippen LogP contribution in [0.15, 0.2) is 23.0 Å². The molecule has 2 aromatic rings. The Hall–Kier alpha value is -1.99. The topological polar surface area (TPSA) is 87.0 Å². The smallest absolute Gasteiger partial charge is 0.259 e. The molecule has 3 N–H and O–H groups in total. The third-order valence-electron chi connectivity index (χ3n) is 4.76. The van der Waals surface area contributed by atoms with Crippen molar-refractivity contribution in [2.45, 2.75) is 31.5 Å². The lowest BCUT2D eigenvalue weighted by molar-refractivity contribution is 0.0873. The molecule has 1 amide bonds. The average molecular weight is 331 g/mol. The summed E-state index contributed by atoms with van der Waals surface area (Å²) in [5.41, 5.74) is 0.822. The fourth-order valence-electron chi connectivity index (χ4n) is 3.59. The predicted molar refractivity (Wildman–Crippen MR) is 88.1 cm³/mol. The van der Waals surface area contributed by atoms with Crippen molar-refractivity contribution in [3.05, 3.63) is 38.9 Å². The van der Waals surface area contributed by atoms with Crippen LogP contribution >= 0.6 is 12.2 Å². The van der Waals surface area contributed by atoms with Gasteiger partial charge in [0.1, 0.15) is 0 Å². The second-order valence-electron chi connectivity index (χ2n) is 6.25. The fraction of sp³-hybridized carbons (Fsp3) is 0.438. The van der Waals surface area contributed by atoms with E-state index in [1.807, 2.05) is 0 Å². The van der Waals surface area contributed by atoms with Gasteiger partial charge >= 0.3 is 0 Å². The highest BCUT2D eigenvalue weighted by atomic mass is 32.1. The van der Waals surface area contributed by atoms with Crippen LogP contribution < -0.4 is 10.9 Å². The van der Waals surface area contributed by atoms with Crippen LogP contribution in [0.4, 0.5) is 0 Å². The Bertz CT molecular complexity index is 888. The number of amides is 1. The molecular weight excluding hydrogens is 314 g/mol. The first kappa shape index (κ1) is 14.6. The van der Waals surface area contributed by atoms with Crippen LogP contribution in [0.2, 0.25) is 0 Å². The Morgan fingerprint density at radius 3 is 2.96 bits per heavy atom. The van der Waals surface area contributed by atoms with Crippen molar-refractivity contribution >= 4 is 29.0 Å². The second-order valence-corrected chi connectivity index (χ2v) is 6.66. The summed E-state index contributed by atoms with van der Waals surface area (Å²) in [6, 6.07) is 4.95. The van der Waals surface area contributed by atoms with Gasteiger partial charge in [-0.25, -0.2) is 0 Å². The summed E-state index contributed by atoms with van der Waals surface area (Å²) in [7, 11) is 0. The van der Waals surface area contributed by atoms with E-state index in [1.54, 1.807) is 18.2 Å². The zero-order valence-corrected chi connectivity index (χ0v) is 13.2. The molecule has 2 aliphatic heterocycles. The maximum atomic E-state index is 12.3.